The maximum Gasteiger partial charge on any atom is 4.00 e. The van der Waals surface area contributed by atoms with Crippen LogP contribution in [0.25, 0.3) is 0 Å². The van der Waals surface area contributed by atoms with Gasteiger partial charge in [0.05, 0.1) is 0 Å². The molecule has 483 valence electrons. The number of carbonyl (C=O) groups excluding carboxylic acids is 4. The molecule has 0 aromatic rings. The van der Waals surface area contributed by atoms with Crippen LogP contribution in [0.5, 0.6) is 0 Å². The first-order valence-electron chi connectivity index (χ1n) is 35.9. The average Bonchev–Trinajstić information content (AvgIpc) is 3.43. The van der Waals surface area contributed by atoms with Crippen LogP contribution in [0, 0.1) is 0 Å². The Morgan fingerprint density at radius 2 is 0.235 bits per heavy atom. The van der Waals surface area contributed by atoms with Crippen LogP contribution >= 0.6 is 0 Å². The first-order valence-corrected chi connectivity index (χ1v) is 35.9. The van der Waals surface area contributed by atoms with Gasteiger partial charge in [0.15, 0.2) is 0 Å². The van der Waals surface area contributed by atoms with Crippen molar-refractivity contribution < 1.29 is 60.0 Å². The van der Waals surface area contributed by atoms with Crippen LogP contribution in [0.2, 0.25) is 0 Å². The molecule has 0 aliphatic carbocycles. The molecule has 0 aliphatic rings. The summed E-state index contributed by atoms with van der Waals surface area (Å²) in [4.78, 5) is 40.9. The SMILES string of the molecule is CCCCCCCCCCCCCCCCCC(=O)[O-].CCCCCCCCCCCCCCCCCC(=O)[O-].CCCCCCCCCCCCCCCCCC(=O)[O-].CCCCCCCCCCCCCCCCCC(=O)[O-].[Re+4]. The molecule has 0 bridgehead atoms. The topological polar surface area (TPSA) is 161 Å². The summed E-state index contributed by atoms with van der Waals surface area (Å²) in [7, 11) is 0. The van der Waals surface area contributed by atoms with E-state index < -0.39 is 23.9 Å². The molecule has 0 N–H and O–H groups in total. The molecule has 0 saturated heterocycles. The predicted molar refractivity (Wildman–Crippen MR) is 338 cm³/mol. The molecule has 0 saturated carbocycles. The van der Waals surface area contributed by atoms with Gasteiger partial charge in [-0.15, -0.1) is 0 Å². The summed E-state index contributed by atoms with van der Waals surface area (Å²) in [6.07, 6.45) is 79.4. The van der Waals surface area contributed by atoms with Crippen molar-refractivity contribution in [3.8, 4) is 0 Å². The number of aliphatic carboxylic acids is 4. The first-order chi connectivity index (χ1) is 39.1. The van der Waals surface area contributed by atoms with Crippen molar-refractivity contribution in [2.45, 2.75) is 439 Å². The smallest absolute Gasteiger partial charge is 0.550 e. The molecule has 0 aliphatic heterocycles. The summed E-state index contributed by atoms with van der Waals surface area (Å²) in [6.45, 7) is 9.07. The molecule has 0 heterocycles. The summed E-state index contributed by atoms with van der Waals surface area (Å²) >= 11 is 0. The van der Waals surface area contributed by atoms with E-state index in [4.69, 9.17) is 0 Å². The van der Waals surface area contributed by atoms with Gasteiger partial charge in [0.25, 0.3) is 0 Å². The van der Waals surface area contributed by atoms with Gasteiger partial charge in [0.1, 0.15) is 0 Å². The summed E-state index contributed by atoms with van der Waals surface area (Å²) in [5.74, 6) is -3.61. The van der Waals surface area contributed by atoms with E-state index in [1.807, 2.05) is 0 Å². The van der Waals surface area contributed by atoms with E-state index in [2.05, 4.69) is 27.7 Å². The second-order valence-corrected chi connectivity index (χ2v) is 24.3. The number of carbonyl (C=O) groups is 4. The minimum absolute atomic E-state index is 0. The van der Waals surface area contributed by atoms with Crippen LogP contribution in [0.3, 0.4) is 0 Å². The number of rotatable bonds is 64. The van der Waals surface area contributed by atoms with E-state index in [1.54, 1.807) is 0 Å². The van der Waals surface area contributed by atoms with Crippen molar-refractivity contribution in [1.29, 1.82) is 0 Å². The van der Waals surface area contributed by atoms with Crippen LogP contribution in [0.1, 0.15) is 439 Å². The van der Waals surface area contributed by atoms with Gasteiger partial charge >= 0.3 is 20.4 Å². The third kappa shape index (κ3) is 104. The van der Waals surface area contributed by atoms with E-state index in [0.29, 0.717) is 0 Å². The molecule has 1 radical (unpaired) electrons. The fourth-order valence-corrected chi connectivity index (χ4v) is 10.6. The second kappa shape index (κ2) is 85.0. The molecule has 9 heteroatoms. The van der Waals surface area contributed by atoms with Gasteiger partial charge in [-0.1, -0.05) is 387 Å². The Morgan fingerprint density at radius 3 is 0.309 bits per heavy atom. The fourth-order valence-electron chi connectivity index (χ4n) is 10.6. The quantitative estimate of drug-likeness (QED) is 0.0544. The van der Waals surface area contributed by atoms with Gasteiger partial charge in [-0.05, 0) is 51.4 Å². The number of carboxylic acids is 4. The zero-order chi connectivity index (χ0) is 59.6. The van der Waals surface area contributed by atoms with Crippen LogP contribution in [-0.4, -0.2) is 23.9 Å². The standard InChI is InChI=1S/4C18H36O2.Re/c4*1-2-3-4-5-6-7-8-9-10-11-12-13-14-15-16-17-18(19)20;/h4*2-17H2,1H3,(H,19,20);/q;;;;+4/p-4. The van der Waals surface area contributed by atoms with Crippen LogP contribution in [0.15, 0.2) is 0 Å². The van der Waals surface area contributed by atoms with Crippen LogP contribution in [-0.2, 0) is 39.6 Å². The fraction of sp³-hybridized carbons (Fsp3) is 0.944. The van der Waals surface area contributed by atoms with Crippen LogP contribution < -0.4 is 20.4 Å². The number of hydrogen-bond donors (Lipinski definition) is 0. The monoisotopic (exact) mass is 1320 g/mol. The third-order valence-electron chi connectivity index (χ3n) is 15.9. The summed E-state index contributed by atoms with van der Waals surface area (Å²) in [5.41, 5.74) is 0. The molecular weight excluding hydrogens is 1180 g/mol. The van der Waals surface area contributed by atoms with E-state index in [9.17, 15) is 39.6 Å². The van der Waals surface area contributed by atoms with Crippen LogP contribution in [0.4, 0.5) is 0 Å². The molecule has 81 heavy (non-hydrogen) atoms. The summed E-state index contributed by atoms with van der Waals surface area (Å²) in [5, 5.41) is 40.9. The Hall–Kier alpha value is -1.46. The maximum atomic E-state index is 10.2. The maximum absolute atomic E-state index is 10.2. The normalized spacial score (nSPS) is 10.7. The number of carboxylic acid groups (broad SMARTS) is 4. The minimum atomic E-state index is -0.903. The Morgan fingerprint density at radius 1 is 0.160 bits per heavy atom. The molecule has 0 atom stereocenters. The van der Waals surface area contributed by atoms with Crippen molar-refractivity contribution in [2.24, 2.45) is 0 Å². The third-order valence-corrected chi connectivity index (χ3v) is 15.9. The molecule has 0 spiro atoms. The van der Waals surface area contributed by atoms with Gasteiger partial charge in [0.2, 0.25) is 0 Å². The second-order valence-electron chi connectivity index (χ2n) is 24.3. The van der Waals surface area contributed by atoms with Crippen molar-refractivity contribution in [1.82, 2.24) is 0 Å². The Bertz CT molecular complexity index is 990. The molecule has 0 rings (SSSR count). The van der Waals surface area contributed by atoms with Gasteiger partial charge in [-0.2, -0.15) is 0 Å². The molecule has 0 aromatic heterocycles. The minimum Gasteiger partial charge on any atom is -0.550 e. The van der Waals surface area contributed by atoms with Crippen molar-refractivity contribution in [3.05, 3.63) is 0 Å². The largest absolute Gasteiger partial charge is 4.00 e. The van der Waals surface area contributed by atoms with Gasteiger partial charge in [-0.25, -0.2) is 0 Å². The number of unbranched alkanes of at least 4 members (excludes halogenated alkanes) is 56. The van der Waals surface area contributed by atoms with E-state index >= 15 is 0 Å². The van der Waals surface area contributed by atoms with Gasteiger partial charge in [0, 0.05) is 23.9 Å². The molecule has 0 aromatic carbocycles. The Labute approximate surface area is 519 Å². The summed E-state index contributed by atoms with van der Waals surface area (Å²) in [6, 6.07) is 0. The Kier molecular flexibility index (Phi) is 92.7. The molecular formula is C72H140O8Re. The Balaban J connectivity index is -0.000000316. The first kappa shape index (κ1) is 88.3. The van der Waals surface area contributed by atoms with Gasteiger partial charge in [-0.3, -0.25) is 0 Å². The average molecular weight is 1320 g/mol. The zero-order valence-corrected chi connectivity index (χ0v) is 57.6. The van der Waals surface area contributed by atoms with E-state index in [-0.39, 0.29) is 46.1 Å². The molecule has 8 nitrogen and oxygen atoms in total. The zero-order valence-electron chi connectivity index (χ0n) is 54.9. The van der Waals surface area contributed by atoms with Crippen molar-refractivity contribution in [2.75, 3.05) is 0 Å². The van der Waals surface area contributed by atoms with Crippen molar-refractivity contribution in [3.63, 3.8) is 0 Å². The molecule has 0 fully saturated rings. The molecule has 0 unspecified atom stereocenters. The van der Waals surface area contributed by atoms with Crippen molar-refractivity contribution >= 4 is 23.9 Å². The summed E-state index contributed by atoms with van der Waals surface area (Å²) < 4.78 is 0. The van der Waals surface area contributed by atoms with E-state index in [0.717, 1.165) is 51.4 Å². The van der Waals surface area contributed by atoms with Gasteiger partial charge < -0.3 is 39.6 Å². The predicted octanol–water partition coefficient (Wildman–Crippen LogP) is 20.0. The molecule has 0 amide bonds. The van der Waals surface area contributed by atoms with E-state index in [1.165, 1.54) is 334 Å². The number of hydrogen-bond acceptors (Lipinski definition) is 8.